The van der Waals surface area contributed by atoms with Crippen LogP contribution in [0.4, 0.5) is 0 Å². The first-order valence-corrected chi connectivity index (χ1v) is 7.27. The standard InChI is InChI=1S/C15H24BO3/c1-5-6-10-16(18-12(2)13(3)19-16)14-8-7-9-15(11-14)17-4/h7-9,11-13H,5-6,10H2,1-4H3/q-1. The SMILES string of the molecule is CCCC[B-]1(c2cccc(OC)c2)OC(C)C(C)O1. The Bertz CT molecular complexity index is 412. The number of benzene rings is 1. The molecule has 19 heavy (non-hydrogen) atoms. The molecule has 0 amide bonds. The maximum Gasteiger partial charge on any atom is 0.270 e. The summed E-state index contributed by atoms with van der Waals surface area (Å²) in [4.78, 5) is 0. The van der Waals surface area contributed by atoms with Crippen LogP contribution in [0.1, 0.15) is 33.6 Å². The molecule has 1 heterocycles. The molecule has 0 aromatic heterocycles. The lowest BCUT2D eigenvalue weighted by atomic mass is 9.48. The molecule has 2 atom stereocenters. The van der Waals surface area contributed by atoms with E-state index in [9.17, 15) is 0 Å². The molecule has 1 saturated heterocycles. The van der Waals surface area contributed by atoms with Gasteiger partial charge in [0.05, 0.1) is 7.11 Å². The first kappa shape index (κ1) is 14.4. The van der Waals surface area contributed by atoms with Crippen molar-refractivity contribution in [1.29, 1.82) is 0 Å². The van der Waals surface area contributed by atoms with Crippen LogP contribution in [0.15, 0.2) is 24.3 Å². The molecule has 0 aliphatic carbocycles. The van der Waals surface area contributed by atoms with Gasteiger partial charge in [0.1, 0.15) is 5.75 Å². The van der Waals surface area contributed by atoms with Gasteiger partial charge >= 0.3 is 0 Å². The van der Waals surface area contributed by atoms with E-state index < -0.39 is 6.55 Å². The quantitative estimate of drug-likeness (QED) is 0.764. The fourth-order valence-electron chi connectivity index (χ4n) is 2.79. The van der Waals surface area contributed by atoms with Crippen molar-refractivity contribution in [1.82, 2.24) is 0 Å². The highest BCUT2D eigenvalue weighted by molar-refractivity contribution is 6.81. The van der Waals surface area contributed by atoms with Crippen LogP contribution in [-0.4, -0.2) is 25.9 Å². The summed E-state index contributed by atoms with van der Waals surface area (Å²) in [7, 11) is 1.69. The van der Waals surface area contributed by atoms with Crippen molar-refractivity contribution in [2.24, 2.45) is 0 Å². The van der Waals surface area contributed by atoms with Crippen molar-refractivity contribution >= 4 is 12.0 Å². The maximum absolute atomic E-state index is 6.23. The Morgan fingerprint density at radius 2 is 1.89 bits per heavy atom. The predicted octanol–water partition coefficient (Wildman–Crippen LogP) is 2.97. The van der Waals surface area contributed by atoms with Gasteiger partial charge in [0.2, 0.25) is 0 Å². The third-order valence-corrected chi connectivity index (χ3v) is 4.07. The lowest BCUT2D eigenvalue weighted by molar-refractivity contribution is 0.187. The van der Waals surface area contributed by atoms with Crippen LogP contribution >= 0.6 is 0 Å². The van der Waals surface area contributed by atoms with Crippen LogP contribution in [0, 0.1) is 0 Å². The zero-order valence-electron chi connectivity index (χ0n) is 12.4. The van der Waals surface area contributed by atoms with Crippen molar-refractivity contribution in [3.05, 3.63) is 24.3 Å². The summed E-state index contributed by atoms with van der Waals surface area (Å²) in [6, 6.07) is 8.09. The number of unbranched alkanes of at least 4 members (excludes halogenated alkanes) is 1. The fraction of sp³-hybridized carbons (Fsp3) is 0.600. The van der Waals surface area contributed by atoms with Gasteiger partial charge in [-0.25, -0.2) is 0 Å². The number of methoxy groups -OCH3 is 1. The van der Waals surface area contributed by atoms with Crippen LogP contribution in [0.25, 0.3) is 0 Å². The molecule has 3 nitrogen and oxygen atoms in total. The van der Waals surface area contributed by atoms with E-state index in [4.69, 9.17) is 14.0 Å². The number of hydrogen-bond donors (Lipinski definition) is 0. The molecular weight excluding hydrogens is 239 g/mol. The van der Waals surface area contributed by atoms with Gasteiger partial charge < -0.3 is 14.0 Å². The van der Waals surface area contributed by atoms with Crippen molar-refractivity contribution in [2.45, 2.75) is 52.1 Å². The van der Waals surface area contributed by atoms with E-state index in [-0.39, 0.29) is 12.2 Å². The lowest BCUT2D eigenvalue weighted by Gasteiger charge is -2.36. The molecule has 1 fully saturated rings. The Labute approximate surface area is 116 Å². The average Bonchev–Trinajstić information content (AvgIpc) is 2.73. The summed E-state index contributed by atoms with van der Waals surface area (Å²) in [6.07, 6.45) is 3.48. The van der Waals surface area contributed by atoms with Gasteiger partial charge in [-0.3, -0.25) is 0 Å². The van der Waals surface area contributed by atoms with E-state index in [2.05, 4.69) is 26.8 Å². The van der Waals surface area contributed by atoms with Crippen LogP contribution in [0.5, 0.6) is 5.75 Å². The van der Waals surface area contributed by atoms with Gasteiger partial charge in [0, 0.05) is 12.2 Å². The Balaban J connectivity index is 2.31. The molecular formula is C15H24BO3-. The largest absolute Gasteiger partial charge is 0.560 e. The molecule has 1 aromatic rings. The van der Waals surface area contributed by atoms with Crippen molar-refractivity contribution < 1.29 is 14.0 Å². The molecule has 0 saturated carbocycles. The summed E-state index contributed by atoms with van der Waals surface area (Å²) in [5, 5.41) is 0. The topological polar surface area (TPSA) is 27.7 Å². The molecule has 1 aliphatic heterocycles. The van der Waals surface area contributed by atoms with Crippen molar-refractivity contribution in [2.75, 3.05) is 7.11 Å². The molecule has 1 aliphatic rings. The molecule has 106 valence electrons. The van der Waals surface area contributed by atoms with Crippen molar-refractivity contribution in [3.8, 4) is 5.75 Å². The number of ether oxygens (including phenoxy) is 1. The molecule has 2 unspecified atom stereocenters. The Morgan fingerprint density at radius 1 is 1.21 bits per heavy atom. The average molecular weight is 263 g/mol. The first-order valence-electron chi connectivity index (χ1n) is 7.27. The third kappa shape index (κ3) is 2.95. The van der Waals surface area contributed by atoms with E-state index in [0.29, 0.717) is 0 Å². The maximum atomic E-state index is 6.23. The molecule has 0 bridgehead atoms. The molecule has 0 radical (unpaired) electrons. The second kappa shape index (κ2) is 5.97. The highest BCUT2D eigenvalue weighted by atomic mass is 16.7. The normalized spacial score (nSPS) is 30.5. The molecule has 4 heteroatoms. The smallest absolute Gasteiger partial charge is 0.270 e. The van der Waals surface area contributed by atoms with Crippen LogP contribution < -0.4 is 10.2 Å². The first-order chi connectivity index (χ1) is 9.11. The second-order valence-corrected chi connectivity index (χ2v) is 5.47. The zero-order chi connectivity index (χ0) is 13.9. The Morgan fingerprint density at radius 3 is 2.47 bits per heavy atom. The highest BCUT2D eigenvalue weighted by Crippen LogP contribution is 2.30. The fourth-order valence-corrected chi connectivity index (χ4v) is 2.79. The Hall–Kier alpha value is -0.995. The van der Waals surface area contributed by atoms with Gasteiger partial charge in [0.15, 0.2) is 0 Å². The zero-order valence-corrected chi connectivity index (χ0v) is 12.4. The molecule has 1 aromatic carbocycles. The minimum Gasteiger partial charge on any atom is -0.560 e. The molecule has 0 N–H and O–H groups in total. The van der Waals surface area contributed by atoms with Gasteiger partial charge in [-0.1, -0.05) is 38.0 Å². The Kier molecular flexibility index (Phi) is 4.53. The van der Waals surface area contributed by atoms with Crippen LogP contribution in [0.3, 0.4) is 0 Å². The van der Waals surface area contributed by atoms with Crippen LogP contribution in [0.2, 0.25) is 6.32 Å². The van der Waals surface area contributed by atoms with E-state index in [0.717, 1.165) is 30.4 Å². The lowest BCUT2D eigenvalue weighted by Crippen LogP contribution is -2.50. The molecule has 0 spiro atoms. The summed E-state index contributed by atoms with van der Waals surface area (Å²) < 4.78 is 17.8. The van der Waals surface area contributed by atoms with Crippen LogP contribution in [-0.2, 0) is 9.31 Å². The minimum atomic E-state index is -1.36. The van der Waals surface area contributed by atoms with Crippen molar-refractivity contribution in [3.63, 3.8) is 0 Å². The van der Waals surface area contributed by atoms with Gasteiger partial charge in [-0.05, 0) is 19.9 Å². The van der Waals surface area contributed by atoms with E-state index in [1.807, 2.05) is 18.2 Å². The number of hydrogen-bond acceptors (Lipinski definition) is 3. The van der Waals surface area contributed by atoms with Gasteiger partial charge in [0.25, 0.3) is 6.55 Å². The van der Waals surface area contributed by atoms with E-state index in [1.165, 1.54) is 0 Å². The highest BCUT2D eigenvalue weighted by Gasteiger charge is 2.39. The van der Waals surface area contributed by atoms with Gasteiger partial charge in [-0.15, -0.1) is 11.8 Å². The molecule has 2 rings (SSSR count). The monoisotopic (exact) mass is 263 g/mol. The van der Waals surface area contributed by atoms with E-state index >= 15 is 0 Å². The predicted molar refractivity (Wildman–Crippen MR) is 79.2 cm³/mol. The van der Waals surface area contributed by atoms with Gasteiger partial charge in [-0.2, -0.15) is 0 Å². The summed E-state index contributed by atoms with van der Waals surface area (Å²) in [5.41, 5.74) is 1.11. The number of rotatable bonds is 5. The summed E-state index contributed by atoms with van der Waals surface area (Å²) in [6.45, 7) is 5.00. The van der Waals surface area contributed by atoms with E-state index in [1.54, 1.807) is 7.11 Å². The minimum absolute atomic E-state index is 0.142. The summed E-state index contributed by atoms with van der Waals surface area (Å²) >= 11 is 0. The summed E-state index contributed by atoms with van der Waals surface area (Å²) in [5.74, 6) is 0.856. The third-order valence-electron chi connectivity index (χ3n) is 4.07. The second-order valence-electron chi connectivity index (χ2n) is 5.47.